The minimum Gasteiger partial charge on any atom is -0.493 e. The van der Waals surface area contributed by atoms with Crippen LogP contribution in [0.15, 0.2) is 35.7 Å². The topological polar surface area (TPSA) is 76.7 Å². The van der Waals surface area contributed by atoms with E-state index in [4.69, 9.17) is 9.47 Å². The van der Waals surface area contributed by atoms with Crippen LogP contribution in [-0.2, 0) is 11.2 Å². The van der Waals surface area contributed by atoms with Crippen molar-refractivity contribution in [2.45, 2.75) is 26.4 Å². The van der Waals surface area contributed by atoms with Crippen molar-refractivity contribution in [2.24, 2.45) is 0 Å². The Kier molecular flexibility index (Phi) is 6.20. The van der Waals surface area contributed by atoms with Crippen LogP contribution in [0.3, 0.4) is 0 Å². The molecule has 0 aliphatic heterocycles. The highest BCUT2D eigenvalue weighted by molar-refractivity contribution is 7.10. The third-order valence-corrected chi connectivity index (χ3v) is 3.90. The average molecular weight is 348 g/mol. The molecule has 0 saturated carbocycles. The van der Waals surface area contributed by atoms with Crippen molar-refractivity contribution in [1.29, 1.82) is 0 Å². The SMILES string of the molecule is COc1cc(C(=O)NNC(=O)Cc2cccs2)ccc1OC(C)C. The van der Waals surface area contributed by atoms with Gasteiger partial charge in [0.2, 0.25) is 5.91 Å². The van der Waals surface area contributed by atoms with Crippen LogP contribution >= 0.6 is 11.3 Å². The molecule has 1 aromatic carbocycles. The molecule has 2 N–H and O–H groups in total. The van der Waals surface area contributed by atoms with Crippen LogP contribution in [-0.4, -0.2) is 25.0 Å². The number of carbonyl (C=O) groups is 2. The van der Waals surface area contributed by atoms with Crippen molar-refractivity contribution < 1.29 is 19.1 Å². The summed E-state index contributed by atoms with van der Waals surface area (Å²) in [6.45, 7) is 3.81. The van der Waals surface area contributed by atoms with E-state index in [2.05, 4.69) is 10.9 Å². The molecule has 0 fully saturated rings. The zero-order chi connectivity index (χ0) is 17.5. The molecule has 0 saturated heterocycles. The Hall–Kier alpha value is -2.54. The lowest BCUT2D eigenvalue weighted by Crippen LogP contribution is -2.42. The number of thiophene rings is 1. The van der Waals surface area contributed by atoms with Gasteiger partial charge in [-0.25, -0.2) is 0 Å². The number of amides is 2. The van der Waals surface area contributed by atoms with Crippen molar-refractivity contribution in [3.05, 3.63) is 46.2 Å². The van der Waals surface area contributed by atoms with Gasteiger partial charge in [-0.05, 0) is 43.5 Å². The van der Waals surface area contributed by atoms with Crippen molar-refractivity contribution in [3.8, 4) is 11.5 Å². The molecule has 0 unspecified atom stereocenters. The zero-order valence-electron chi connectivity index (χ0n) is 13.8. The van der Waals surface area contributed by atoms with Gasteiger partial charge in [-0.2, -0.15) is 0 Å². The molecule has 2 aromatic rings. The smallest absolute Gasteiger partial charge is 0.269 e. The molecular weight excluding hydrogens is 328 g/mol. The first kappa shape index (κ1) is 17.8. The summed E-state index contributed by atoms with van der Waals surface area (Å²) in [6, 6.07) is 8.59. The second kappa shape index (κ2) is 8.35. The van der Waals surface area contributed by atoms with Crippen molar-refractivity contribution >= 4 is 23.2 Å². The summed E-state index contributed by atoms with van der Waals surface area (Å²) in [7, 11) is 1.51. The maximum Gasteiger partial charge on any atom is 0.269 e. The standard InChI is InChI=1S/C17H20N2O4S/c1-11(2)23-14-7-6-12(9-15(14)22-3)17(21)19-18-16(20)10-13-5-4-8-24-13/h4-9,11H,10H2,1-3H3,(H,18,20)(H,19,21). The fourth-order valence-electron chi connectivity index (χ4n) is 1.97. The lowest BCUT2D eigenvalue weighted by atomic mass is 10.2. The van der Waals surface area contributed by atoms with Gasteiger partial charge in [0.05, 0.1) is 19.6 Å². The number of benzene rings is 1. The second-order valence-electron chi connectivity index (χ2n) is 5.29. The Labute approximate surface area is 144 Å². The van der Waals surface area contributed by atoms with Gasteiger partial charge in [-0.3, -0.25) is 20.4 Å². The van der Waals surface area contributed by atoms with E-state index in [1.165, 1.54) is 18.4 Å². The second-order valence-corrected chi connectivity index (χ2v) is 6.32. The minimum absolute atomic E-state index is 0.00452. The van der Waals surface area contributed by atoms with Gasteiger partial charge >= 0.3 is 0 Å². The zero-order valence-corrected chi connectivity index (χ0v) is 14.6. The van der Waals surface area contributed by atoms with Crippen LogP contribution in [0.5, 0.6) is 11.5 Å². The Balaban J connectivity index is 1.95. The maximum atomic E-state index is 12.1. The summed E-state index contributed by atoms with van der Waals surface area (Å²) in [5.74, 6) is 0.313. The van der Waals surface area contributed by atoms with E-state index in [9.17, 15) is 9.59 Å². The van der Waals surface area contributed by atoms with Crippen LogP contribution in [0.2, 0.25) is 0 Å². The number of ether oxygens (including phenoxy) is 2. The van der Waals surface area contributed by atoms with Crippen molar-refractivity contribution in [2.75, 3.05) is 7.11 Å². The summed E-state index contributed by atoms with van der Waals surface area (Å²) in [6.07, 6.45) is 0.220. The number of nitrogens with one attached hydrogen (secondary N) is 2. The highest BCUT2D eigenvalue weighted by Crippen LogP contribution is 2.28. The molecule has 0 aliphatic carbocycles. The van der Waals surface area contributed by atoms with Crippen LogP contribution in [0.1, 0.15) is 29.1 Å². The van der Waals surface area contributed by atoms with E-state index in [1.807, 2.05) is 31.4 Å². The van der Waals surface area contributed by atoms with Crippen LogP contribution < -0.4 is 20.3 Å². The van der Waals surface area contributed by atoms with Crippen molar-refractivity contribution in [3.63, 3.8) is 0 Å². The van der Waals surface area contributed by atoms with Gasteiger partial charge in [0.15, 0.2) is 11.5 Å². The summed E-state index contributed by atoms with van der Waals surface area (Å²) >= 11 is 1.49. The van der Waals surface area contributed by atoms with Gasteiger partial charge in [0, 0.05) is 10.4 Å². The van der Waals surface area contributed by atoms with E-state index in [0.29, 0.717) is 17.1 Å². The Morgan fingerprint density at radius 1 is 1.17 bits per heavy atom. The fourth-order valence-corrected chi connectivity index (χ4v) is 2.68. The van der Waals surface area contributed by atoms with Gasteiger partial charge in [-0.15, -0.1) is 11.3 Å². The fraction of sp³-hybridized carbons (Fsp3) is 0.294. The number of carbonyl (C=O) groups excluding carboxylic acids is 2. The summed E-state index contributed by atoms with van der Waals surface area (Å²) in [5.41, 5.74) is 5.15. The number of methoxy groups -OCH3 is 1. The first-order chi connectivity index (χ1) is 11.5. The van der Waals surface area contributed by atoms with E-state index in [1.54, 1.807) is 18.2 Å². The normalized spacial score (nSPS) is 10.3. The molecule has 2 amide bonds. The molecule has 0 aliphatic rings. The Morgan fingerprint density at radius 2 is 1.96 bits per heavy atom. The van der Waals surface area contributed by atoms with E-state index in [-0.39, 0.29) is 18.4 Å². The van der Waals surface area contributed by atoms with Gasteiger partial charge in [0.25, 0.3) is 5.91 Å². The highest BCUT2D eigenvalue weighted by Gasteiger charge is 2.13. The average Bonchev–Trinajstić information content (AvgIpc) is 3.05. The maximum absolute atomic E-state index is 12.1. The minimum atomic E-state index is -0.427. The molecule has 0 spiro atoms. The lowest BCUT2D eigenvalue weighted by molar-refractivity contribution is -0.121. The molecule has 128 valence electrons. The third-order valence-electron chi connectivity index (χ3n) is 3.02. The van der Waals surface area contributed by atoms with Crippen LogP contribution in [0.25, 0.3) is 0 Å². The first-order valence-electron chi connectivity index (χ1n) is 7.46. The molecule has 24 heavy (non-hydrogen) atoms. The summed E-state index contributed by atoms with van der Waals surface area (Å²) in [4.78, 5) is 24.8. The van der Waals surface area contributed by atoms with E-state index in [0.717, 1.165) is 4.88 Å². The summed E-state index contributed by atoms with van der Waals surface area (Å²) in [5, 5.41) is 1.90. The first-order valence-corrected chi connectivity index (χ1v) is 8.34. The van der Waals surface area contributed by atoms with Gasteiger partial charge in [-0.1, -0.05) is 6.07 Å². The molecule has 0 radical (unpaired) electrons. The monoisotopic (exact) mass is 348 g/mol. The molecule has 0 atom stereocenters. The number of hydrazine groups is 1. The molecule has 7 heteroatoms. The molecule has 1 aromatic heterocycles. The highest BCUT2D eigenvalue weighted by atomic mass is 32.1. The Morgan fingerprint density at radius 3 is 2.58 bits per heavy atom. The Bertz CT molecular complexity index is 699. The number of hydrogen-bond donors (Lipinski definition) is 2. The summed E-state index contributed by atoms with van der Waals surface area (Å²) < 4.78 is 10.8. The van der Waals surface area contributed by atoms with E-state index >= 15 is 0 Å². The number of hydrogen-bond acceptors (Lipinski definition) is 5. The largest absolute Gasteiger partial charge is 0.493 e. The molecule has 2 rings (SSSR count). The van der Waals surface area contributed by atoms with Gasteiger partial charge < -0.3 is 9.47 Å². The van der Waals surface area contributed by atoms with Gasteiger partial charge in [0.1, 0.15) is 0 Å². The molecule has 1 heterocycles. The van der Waals surface area contributed by atoms with Crippen LogP contribution in [0, 0.1) is 0 Å². The number of rotatable bonds is 6. The molecular formula is C17H20N2O4S. The van der Waals surface area contributed by atoms with E-state index < -0.39 is 5.91 Å². The molecule has 6 nitrogen and oxygen atoms in total. The lowest BCUT2D eigenvalue weighted by Gasteiger charge is -2.14. The third kappa shape index (κ3) is 4.99. The molecule has 0 bridgehead atoms. The predicted molar refractivity (Wildman–Crippen MR) is 92.4 cm³/mol. The predicted octanol–water partition coefficient (Wildman–Crippen LogP) is 2.55. The van der Waals surface area contributed by atoms with Crippen LogP contribution in [0.4, 0.5) is 0 Å². The van der Waals surface area contributed by atoms with Crippen molar-refractivity contribution in [1.82, 2.24) is 10.9 Å². The quantitative estimate of drug-likeness (QED) is 0.787.